The Morgan fingerprint density at radius 3 is 1.94 bits per heavy atom. The lowest BCUT2D eigenvalue weighted by atomic mass is 9.81. The van der Waals surface area contributed by atoms with E-state index < -0.39 is 0 Å². The highest BCUT2D eigenvalue weighted by molar-refractivity contribution is 5.85. The standard InChI is InChI=1S/C13H26N2O.ClH/c1-3-13(4-2,11-14)12(16)15-9-7-5-6-8-10-15;/h3-11,14H2,1-2H3;1H. The molecule has 0 unspecified atom stereocenters. The van der Waals surface area contributed by atoms with Crippen LogP contribution in [0.1, 0.15) is 52.4 Å². The first kappa shape index (κ1) is 16.7. The Morgan fingerprint density at radius 1 is 1.12 bits per heavy atom. The van der Waals surface area contributed by atoms with Gasteiger partial charge in [-0.3, -0.25) is 4.79 Å². The second-order valence-electron chi connectivity index (χ2n) is 4.90. The molecule has 1 saturated heterocycles. The first-order valence-corrected chi connectivity index (χ1v) is 6.69. The van der Waals surface area contributed by atoms with Crippen LogP contribution in [0.2, 0.25) is 0 Å². The Hall–Kier alpha value is -0.280. The van der Waals surface area contributed by atoms with E-state index in [0.717, 1.165) is 38.8 Å². The fraction of sp³-hybridized carbons (Fsp3) is 0.923. The zero-order valence-electron chi connectivity index (χ0n) is 11.2. The predicted octanol–water partition coefficient (Wildman–Crippen LogP) is 2.58. The third-order valence-electron chi connectivity index (χ3n) is 4.09. The van der Waals surface area contributed by atoms with Crippen molar-refractivity contribution in [2.45, 2.75) is 52.4 Å². The van der Waals surface area contributed by atoms with Crippen molar-refractivity contribution in [3.63, 3.8) is 0 Å². The third kappa shape index (κ3) is 3.85. The van der Waals surface area contributed by atoms with E-state index in [2.05, 4.69) is 13.8 Å². The summed E-state index contributed by atoms with van der Waals surface area (Å²) < 4.78 is 0. The summed E-state index contributed by atoms with van der Waals surface area (Å²) in [6, 6.07) is 0. The number of likely N-dealkylation sites (tertiary alicyclic amines) is 1. The number of rotatable bonds is 4. The molecular weight excluding hydrogens is 236 g/mol. The molecule has 0 radical (unpaired) electrons. The number of carbonyl (C=O) groups excluding carboxylic acids is 1. The van der Waals surface area contributed by atoms with Crippen LogP contribution in [0, 0.1) is 5.41 Å². The van der Waals surface area contributed by atoms with Gasteiger partial charge in [0.25, 0.3) is 0 Å². The van der Waals surface area contributed by atoms with Gasteiger partial charge in [-0.05, 0) is 25.7 Å². The molecule has 1 heterocycles. The van der Waals surface area contributed by atoms with Gasteiger partial charge in [0.2, 0.25) is 5.91 Å². The molecule has 17 heavy (non-hydrogen) atoms. The van der Waals surface area contributed by atoms with Crippen molar-refractivity contribution in [3.8, 4) is 0 Å². The number of amides is 1. The van der Waals surface area contributed by atoms with Gasteiger partial charge in [-0.1, -0.05) is 26.7 Å². The minimum Gasteiger partial charge on any atom is -0.342 e. The molecule has 0 atom stereocenters. The summed E-state index contributed by atoms with van der Waals surface area (Å²) in [6.45, 7) is 6.49. The predicted molar refractivity (Wildman–Crippen MR) is 74.4 cm³/mol. The highest BCUT2D eigenvalue weighted by Crippen LogP contribution is 2.28. The maximum atomic E-state index is 12.5. The fourth-order valence-electron chi connectivity index (χ4n) is 2.54. The lowest BCUT2D eigenvalue weighted by molar-refractivity contribution is -0.142. The van der Waals surface area contributed by atoms with Crippen molar-refractivity contribution < 1.29 is 4.79 Å². The number of nitrogens with zero attached hydrogens (tertiary/aromatic N) is 1. The van der Waals surface area contributed by atoms with Gasteiger partial charge < -0.3 is 10.6 Å². The SMILES string of the molecule is CCC(CC)(CN)C(=O)N1CCCCCC1.Cl. The van der Waals surface area contributed by atoms with Crippen LogP contribution < -0.4 is 5.73 Å². The van der Waals surface area contributed by atoms with Crippen molar-refractivity contribution in [1.29, 1.82) is 0 Å². The normalized spacial score (nSPS) is 17.2. The Bertz CT molecular complexity index is 213. The number of halogens is 1. The van der Waals surface area contributed by atoms with Crippen molar-refractivity contribution in [2.24, 2.45) is 11.1 Å². The summed E-state index contributed by atoms with van der Waals surface area (Å²) in [5.74, 6) is 0.293. The molecule has 1 aliphatic heterocycles. The van der Waals surface area contributed by atoms with Crippen LogP contribution in [0.5, 0.6) is 0 Å². The van der Waals surface area contributed by atoms with E-state index in [1.807, 2.05) is 4.90 Å². The molecule has 0 spiro atoms. The van der Waals surface area contributed by atoms with Crippen molar-refractivity contribution in [2.75, 3.05) is 19.6 Å². The number of hydrogen-bond acceptors (Lipinski definition) is 2. The smallest absolute Gasteiger partial charge is 0.230 e. The largest absolute Gasteiger partial charge is 0.342 e. The van der Waals surface area contributed by atoms with Crippen LogP contribution in [0.3, 0.4) is 0 Å². The number of nitrogens with two attached hydrogens (primary N) is 1. The molecule has 0 aromatic carbocycles. The quantitative estimate of drug-likeness (QED) is 0.847. The van der Waals surface area contributed by atoms with Crippen LogP contribution in [-0.2, 0) is 4.79 Å². The molecule has 1 rings (SSSR count). The minimum atomic E-state index is -0.301. The zero-order chi connectivity index (χ0) is 12.0. The van der Waals surface area contributed by atoms with E-state index >= 15 is 0 Å². The lowest BCUT2D eigenvalue weighted by Gasteiger charge is -2.34. The van der Waals surface area contributed by atoms with Gasteiger partial charge in [-0.15, -0.1) is 12.4 Å². The molecular formula is C13H27ClN2O. The van der Waals surface area contributed by atoms with Crippen molar-refractivity contribution >= 4 is 18.3 Å². The molecule has 2 N–H and O–H groups in total. The van der Waals surface area contributed by atoms with Crippen LogP contribution in [-0.4, -0.2) is 30.4 Å². The summed E-state index contributed by atoms with van der Waals surface area (Å²) in [6.07, 6.45) is 6.54. The van der Waals surface area contributed by atoms with Crippen LogP contribution >= 0.6 is 12.4 Å². The van der Waals surface area contributed by atoms with Crippen LogP contribution in [0.15, 0.2) is 0 Å². The maximum absolute atomic E-state index is 12.5. The fourth-order valence-corrected chi connectivity index (χ4v) is 2.54. The molecule has 0 aromatic rings. The number of carbonyl (C=O) groups is 1. The van der Waals surface area contributed by atoms with Gasteiger partial charge in [0.05, 0.1) is 5.41 Å². The monoisotopic (exact) mass is 262 g/mol. The van der Waals surface area contributed by atoms with E-state index in [9.17, 15) is 4.79 Å². The second kappa shape index (κ2) is 7.93. The molecule has 0 bridgehead atoms. The molecule has 0 saturated carbocycles. The highest BCUT2D eigenvalue weighted by Gasteiger charge is 2.36. The molecule has 1 aliphatic rings. The van der Waals surface area contributed by atoms with Gasteiger partial charge in [0, 0.05) is 19.6 Å². The minimum absolute atomic E-state index is 0. The van der Waals surface area contributed by atoms with E-state index in [0.29, 0.717) is 12.5 Å². The molecule has 3 nitrogen and oxygen atoms in total. The second-order valence-corrected chi connectivity index (χ2v) is 4.90. The lowest BCUT2D eigenvalue weighted by Crippen LogP contribution is -2.47. The molecule has 1 amide bonds. The van der Waals surface area contributed by atoms with Crippen LogP contribution in [0.4, 0.5) is 0 Å². The van der Waals surface area contributed by atoms with Gasteiger partial charge >= 0.3 is 0 Å². The molecule has 1 fully saturated rings. The Labute approximate surface area is 112 Å². The van der Waals surface area contributed by atoms with Gasteiger partial charge in [-0.25, -0.2) is 0 Å². The zero-order valence-corrected chi connectivity index (χ0v) is 12.0. The molecule has 0 aliphatic carbocycles. The number of hydrogen-bond donors (Lipinski definition) is 1. The summed E-state index contributed by atoms with van der Waals surface area (Å²) in [7, 11) is 0. The average molecular weight is 263 g/mol. The average Bonchev–Trinajstić information content (AvgIpc) is 2.60. The topological polar surface area (TPSA) is 46.3 Å². The van der Waals surface area contributed by atoms with Crippen LogP contribution in [0.25, 0.3) is 0 Å². The Kier molecular flexibility index (Phi) is 7.80. The Balaban J connectivity index is 0.00000256. The summed E-state index contributed by atoms with van der Waals surface area (Å²) in [5.41, 5.74) is 5.53. The molecule has 4 heteroatoms. The third-order valence-corrected chi connectivity index (χ3v) is 4.09. The summed E-state index contributed by atoms with van der Waals surface area (Å²) in [5, 5.41) is 0. The Morgan fingerprint density at radius 2 is 1.59 bits per heavy atom. The summed E-state index contributed by atoms with van der Waals surface area (Å²) in [4.78, 5) is 14.6. The van der Waals surface area contributed by atoms with Gasteiger partial charge in [0.15, 0.2) is 0 Å². The maximum Gasteiger partial charge on any atom is 0.230 e. The highest BCUT2D eigenvalue weighted by atomic mass is 35.5. The van der Waals surface area contributed by atoms with Crippen molar-refractivity contribution in [3.05, 3.63) is 0 Å². The first-order chi connectivity index (χ1) is 7.70. The van der Waals surface area contributed by atoms with E-state index in [1.54, 1.807) is 0 Å². The first-order valence-electron chi connectivity index (χ1n) is 6.69. The van der Waals surface area contributed by atoms with E-state index in [-0.39, 0.29) is 17.8 Å². The summed E-state index contributed by atoms with van der Waals surface area (Å²) >= 11 is 0. The van der Waals surface area contributed by atoms with Crippen molar-refractivity contribution in [1.82, 2.24) is 4.90 Å². The van der Waals surface area contributed by atoms with E-state index in [4.69, 9.17) is 5.73 Å². The van der Waals surface area contributed by atoms with E-state index in [1.165, 1.54) is 12.8 Å². The van der Waals surface area contributed by atoms with Gasteiger partial charge in [0.1, 0.15) is 0 Å². The molecule has 0 aromatic heterocycles. The molecule has 102 valence electrons. The van der Waals surface area contributed by atoms with Gasteiger partial charge in [-0.2, -0.15) is 0 Å².